The average molecular weight is 811 g/mol. The molecule has 4 aliphatic rings. The zero-order valence-corrected chi connectivity index (χ0v) is 33.3. The number of benzene rings is 2. The molecule has 1 saturated heterocycles. The number of alkyl carbamates (subject to hydrolysis) is 1. The summed E-state index contributed by atoms with van der Waals surface area (Å²) in [7, 11) is -4.42. The van der Waals surface area contributed by atoms with Gasteiger partial charge in [-0.05, 0) is 63.8 Å². The van der Waals surface area contributed by atoms with E-state index in [-0.39, 0.29) is 43.8 Å². The smallest absolute Gasteiger partial charge is 0.410 e. The van der Waals surface area contributed by atoms with Crippen molar-refractivity contribution < 1.29 is 46.3 Å². The molecule has 5 amide bonds. The molecule has 0 unspecified atom stereocenters. The van der Waals surface area contributed by atoms with E-state index >= 15 is 0 Å². The predicted molar refractivity (Wildman–Crippen MR) is 206 cm³/mol. The SMILES string of the molecule is C=C[C@@H]1C[C@@]12NC(=O)[C@@H]1C[C@@H](OC(=O)N3Cc4cccc(F)c4C3)CN1C(=O)[C@@H](NC(=O)OC(C)(C)C)CCCCCCCNc1ccccc1S(=O)(=O)NC2=O. The Morgan fingerprint density at radius 3 is 2.47 bits per heavy atom. The van der Waals surface area contributed by atoms with Gasteiger partial charge in [-0.25, -0.2) is 27.1 Å². The Hall–Kier alpha value is -5.19. The molecule has 5 atom stereocenters. The molecule has 1 aliphatic carbocycles. The van der Waals surface area contributed by atoms with Gasteiger partial charge in [-0.3, -0.25) is 19.3 Å². The lowest BCUT2D eigenvalue weighted by molar-refractivity contribution is -0.141. The van der Waals surface area contributed by atoms with Crippen LogP contribution in [0.15, 0.2) is 60.0 Å². The van der Waals surface area contributed by atoms with E-state index in [4.69, 9.17) is 9.47 Å². The van der Waals surface area contributed by atoms with Crippen LogP contribution in [0.25, 0.3) is 0 Å². The second-order valence-corrected chi connectivity index (χ2v) is 17.8. The minimum atomic E-state index is -4.42. The highest BCUT2D eigenvalue weighted by molar-refractivity contribution is 7.90. The highest BCUT2D eigenvalue weighted by Gasteiger charge is 2.61. The number of hydrogen-bond acceptors (Lipinski definition) is 10. The second kappa shape index (κ2) is 16.7. The fourth-order valence-corrected chi connectivity index (χ4v) is 8.91. The van der Waals surface area contributed by atoms with Crippen molar-refractivity contribution in [1.29, 1.82) is 0 Å². The van der Waals surface area contributed by atoms with Gasteiger partial charge in [0.2, 0.25) is 11.8 Å². The van der Waals surface area contributed by atoms with Crippen LogP contribution in [0.3, 0.4) is 0 Å². The van der Waals surface area contributed by atoms with Crippen molar-refractivity contribution in [3.05, 3.63) is 72.1 Å². The van der Waals surface area contributed by atoms with Crippen molar-refractivity contribution in [1.82, 2.24) is 25.2 Å². The highest BCUT2D eigenvalue weighted by atomic mass is 32.2. The monoisotopic (exact) mass is 810 g/mol. The summed E-state index contributed by atoms with van der Waals surface area (Å²) >= 11 is 0. The topological polar surface area (TPSA) is 193 Å². The summed E-state index contributed by atoms with van der Waals surface area (Å²) in [4.78, 5) is 71.6. The molecule has 17 heteroatoms. The standard InChI is InChI=1S/C40H51FN6O9S/c1-5-26-21-40(26)36(50)45-57(53,54)33-18-11-10-16-30(33)42-19-12-8-6-7-9-17-31(43-37(51)56-39(2,3)4)35(49)47-23-27(20-32(47)34(48)44-40)55-38(52)46-22-25-14-13-15-29(41)28(25)24-46/h5,10-11,13-16,18,26-27,31-32,42H,1,6-9,12,17,19-24H2,2-4H3,(H,43,51)(H,44,48)(H,45,50)/t26-,27-,31+,32+,40-/m1/s1. The fraction of sp³-hybridized carbons (Fsp3) is 0.525. The normalized spacial score (nSPS) is 26.8. The van der Waals surface area contributed by atoms with E-state index in [2.05, 4.69) is 27.3 Å². The van der Waals surface area contributed by atoms with Gasteiger partial charge < -0.3 is 30.3 Å². The minimum absolute atomic E-state index is 0.0218. The Kier molecular flexibility index (Phi) is 12.2. The number of halogens is 1. The molecule has 308 valence electrons. The van der Waals surface area contributed by atoms with Crippen molar-refractivity contribution in [2.45, 2.75) is 119 Å². The molecular formula is C40H51FN6O9S. The molecule has 2 aromatic carbocycles. The second-order valence-electron chi connectivity index (χ2n) is 16.1. The number of anilines is 1. The summed E-state index contributed by atoms with van der Waals surface area (Å²) in [5.41, 5.74) is -1.24. The van der Waals surface area contributed by atoms with Gasteiger partial charge in [-0.1, -0.05) is 56.0 Å². The Balaban J connectivity index is 1.29. The lowest BCUT2D eigenvalue weighted by atomic mass is 10.0. The summed E-state index contributed by atoms with van der Waals surface area (Å²) in [6.45, 7) is 9.16. The van der Waals surface area contributed by atoms with Crippen LogP contribution >= 0.6 is 0 Å². The largest absolute Gasteiger partial charge is 0.444 e. The molecule has 4 N–H and O–H groups in total. The summed E-state index contributed by atoms with van der Waals surface area (Å²) in [6, 6.07) is 8.39. The molecule has 3 heterocycles. The molecule has 57 heavy (non-hydrogen) atoms. The molecule has 2 fully saturated rings. The number of carbonyl (C=O) groups excluding carboxylic acids is 5. The van der Waals surface area contributed by atoms with E-state index in [1.54, 1.807) is 51.1 Å². The number of amides is 5. The first-order valence-electron chi connectivity index (χ1n) is 19.4. The van der Waals surface area contributed by atoms with Crippen molar-refractivity contribution in [3.8, 4) is 0 Å². The summed E-state index contributed by atoms with van der Waals surface area (Å²) in [5.74, 6) is -3.47. The maximum Gasteiger partial charge on any atom is 0.410 e. The third kappa shape index (κ3) is 9.51. The Morgan fingerprint density at radius 1 is 1.02 bits per heavy atom. The first-order chi connectivity index (χ1) is 27.0. The van der Waals surface area contributed by atoms with Crippen LogP contribution in [0.4, 0.5) is 19.7 Å². The van der Waals surface area contributed by atoms with Gasteiger partial charge in [0.1, 0.15) is 40.0 Å². The number of para-hydroxylation sites is 1. The Bertz CT molecular complexity index is 2020. The van der Waals surface area contributed by atoms with Crippen LogP contribution in [0.2, 0.25) is 0 Å². The molecule has 0 aromatic heterocycles. The maximum absolute atomic E-state index is 14.5. The summed E-state index contributed by atoms with van der Waals surface area (Å²) < 4.78 is 55.3. The molecule has 15 nitrogen and oxygen atoms in total. The van der Waals surface area contributed by atoms with Crippen molar-refractivity contribution in [2.24, 2.45) is 5.92 Å². The lowest BCUT2D eigenvalue weighted by Gasteiger charge is -2.30. The Labute approximate surface area is 332 Å². The zero-order valence-electron chi connectivity index (χ0n) is 32.5. The fourth-order valence-electron chi connectivity index (χ4n) is 7.69. The minimum Gasteiger partial charge on any atom is -0.444 e. The third-order valence-corrected chi connectivity index (χ3v) is 12.1. The molecule has 0 radical (unpaired) electrons. The summed E-state index contributed by atoms with van der Waals surface area (Å²) in [6.07, 6.45) is 2.48. The van der Waals surface area contributed by atoms with Crippen molar-refractivity contribution in [2.75, 3.05) is 18.4 Å². The Morgan fingerprint density at radius 2 is 1.75 bits per heavy atom. The quantitative estimate of drug-likeness (QED) is 0.322. The first-order valence-corrected chi connectivity index (χ1v) is 20.9. The van der Waals surface area contributed by atoms with Gasteiger partial charge in [0, 0.05) is 31.0 Å². The average Bonchev–Trinajstić information content (AvgIpc) is 3.44. The molecule has 3 aliphatic heterocycles. The molecular weight excluding hydrogens is 760 g/mol. The number of nitrogens with one attached hydrogen (secondary N) is 4. The van der Waals surface area contributed by atoms with Crippen LogP contribution in [-0.2, 0) is 47.0 Å². The number of hydrogen-bond donors (Lipinski definition) is 4. The molecule has 1 saturated carbocycles. The van der Waals surface area contributed by atoms with Gasteiger partial charge in [0.15, 0.2) is 0 Å². The number of carbonyl (C=O) groups is 5. The van der Waals surface area contributed by atoms with Gasteiger partial charge >= 0.3 is 12.2 Å². The number of ether oxygens (including phenoxy) is 2. The molecule has 0 bridgehead atoms. The van der Waals surface area contributed by atoms with E-state index in [0.29, 0.717) is 42.6 Å². The molecule has 6 rings (SSSR count). The predicted octanol–water partition coefficient (Wildman–Crippen LogP) is 4.47. The van der Waals surface area contributed by atoms with Crippen LogP contribution in [0.1, 0.15) is 83.3 Å². The van der Waals surface area contributed by atoms with Crippen LogP contribution < -0.4 is 20.7 Å². The van der Waals surface area contributed by atoms with Crippen LogP contribution in [-0.4, -0.2) is 90.5 Å². The highest BCUT2D eigenvalue weighted by Crippen LogP contribution is 2.45. The number of fused-ring (bicyclic) bond motifs is 3. The van der Waals surface area contributed by atoms with E-state index in [0.717, 1.165) is 12.8 Å². The zero-order chi connectivity index (χ0) is 41.1. The van der Waals surface area contributed by atoms with Gasteiger partial charge in [0.25, 0.3) is 15.9 Å². The molecule has 2 aromatic rings. The summed E-state index contributed by atoms with van der Waals surface area (Å²) in [5, 5.41) is 8.57. The van der Waals surface area contributed by atoms with E-state index < -0.39 is 81.0 Å². The number of rotatable bonds is 3. The van der Waals surface area contributed by atoms with Crippen LogP contribution in [0, 0.1) is 11.7 Å². The number of sulfonamides is 1. The lowest BCUT2D eigenvalue weighted by Crippen LogP contribution is -2.58. The van der Waals surface area contributed by atoms with E-state index in [1.165, 1.54) is 28.0 Å². The maximum atomic E-state index is 14.5. The van der Waals surface area contributed by atoms with E-state index in [1.807, 2.05) is 0 Å². The van der Waals surface area contributed by atoms with Gasteiger partial charge in [-0.15, -0.1) is 6.58 Å². The molecule has 1 spiro atoms. The third-order valence-electron chi connectivity index (χ3n) is 10.7. The first kappa shape index (κ1) is 41.4. The number of nitrogens with zero attached hydrogens (tertiary/aromatic N) is 2. The van der Waals surface area contributed by atoms with Crippen molar-refractivity contribution in [3.63, 3.8) is 0 Å². The van der Waals surface area contributed by atoms with Gasteiger partial charge in [-0.2, -0.15) is 0 Å². The van der Waals surface area contributed by atoms with Crippen LogP contribution in [0.5, 0.6) is 0 Å². The van der Waals surface area contributed by atoms with Gasteiger partial charge in [0.05, 0.1) is 18.8 Å². The van der Waals surface area contributed by atoms with Crippen molar-refractivity contribution >= 4 is 45.6 Å². The van der Waals surface area contributed by atoms with E-state index in [9.17, 15) is 36.8 Å².